The van der Waals surface area contributed by atoms with Gasteiger partial charge in [0.05, 0.1) is 16.5 Å². The lowest BCUT2D eigenvalue weighted by atomic mass is 10.0. The van der Waals surface area contributed by atoms with Crippen LogP contribution < -0.4 is 0 Å². The van der Waals surface area contributed by atoms with Crippen molar-refractivity contribution in [1.29, 1.82) is 0 Å². The van der Waals surface area contributed by atoms with Crippen LogP contribution >= 0.6 is 0 Å². The molecule has 0 spiro atoms. The summed E-state index contributed by atoms with van der Waals surface area (Å²) in [7, 11) is 0. The van der Waals surface area contributed by atoms with Crippen molar-refractivity contribution < 1.29 is 4.92 Å². The number of allylic oxidation sites excluding steroid dienone is 1. The number of hydrogen-bond donors (Lipinski definition) is 0. The third kappa shape index (κ3) is 1.93. The number of nitro groups is 1. The molecule has 0 bridgehead atoms. The van der Waals surface area contributed by atoms with E-state index in [2.05, 4.69) is 4.99 Å². The second-order valence-corrected chi connectivity index (χ2v) is 3.29. The second kappa shape index (κ2) is 4.04. The fraction of sp³-hybridized carbons (Fsp3) is 0.182. The number of nitrogens with zero attached hydrogens (tertiary/aromatic N) is 2. The maximum absolute atomic E-state index is 10.8. The fourth-order valence-corrected chi connectivity index (χ4v) is 1.63. The lowest BCUT2D eigenvalue weighted by molar-refractivity contribution is -0.385. The topological polar surface area (TPSA) is 55.5 Å². The first-order valence-electron chi connectivity index (χ1n) is 4.70. The number of benzene rings is 1. The van der Waals surface area contributed by atoms with Gasteiger partial charge >= 0.3 is 0 Å². The van der Waals surface area contributed by atoms with Crippen LogP contribution in [-0.2, 0) is 0 Å². The molecule has 15 heavy (non-hydrogen) atoms. The summed E-state index contributed by atoms with van der Waals surface area (Å²) in [5.74, 6) is 0. The van der Waals surface area contributed by atoms with Gasteiger partial charge in [0.1, 0.15) is 0 Å². The SMILES string of the molecule is O=[N+]([O-])c1ccccc1C1CC=CC=N1. The van der Waals surface area contributed by atoms with E-state index in [-0.39, 0.29) is 16.7 Å². The molecule has 76 valence electrons. The first-order valence-corrected chi connectivity index (χ1v) is 4.70. The number of rotatable bonds is 2. The monoisotopic (exact) mass is 202 g/mol. The predicted octanol–water partition coefficient (Wildman–Crippen LogP) is 2.67. The molecular formula is C11H10N2O2. The molecule has 1 unspecified atom stereocenters. The third-order valence-electron chi connectivity index (χ3n) is 2.34. The van der Waals surface area contributed by atoms with Gasteiger partial charge in [0, 0.05) is 12.3 Å². The average molecular weight is 202 g/mol. The summed E-state index contributed by atoms with van der Waals surface area (Å²) < 4.78 is 0. The van der Waals surface area contributed by atoms with Gasteiger partial charge in [-0.15, -0.1) is 0 Å². The molecule has 1 atom stereocenters. The highest BCUT2D eigenvalue weighted by atomic mass is 16.6. The maximum Gasteiger partial charge on any atom is 0.274 e. The van der Waals surface area contributed by atoms with Crippen molar-refractivity contribution in [1.82, 2.24) is 0 Å². The van der Waals surface area contributed by atoms with E-state index in [1.807, 2.05) is 12.2 Å². The van der Waals surface area contributed by atoms with E-state index < -0.39 is 0 Å². The molecule has 0 aromatic heterocycles. The Kier molecular flexibility index (Phi) is 2.58. The van der Waals surface area contributed by atoms with E-state index in [4.69, 9.17) is 0 Å². The number of nitro benzene ring substituents is 1. The largest absolute Gasteiger partial charge is 0.285 e. The first-order chi connectivity index (χ1) is 7.29. The summed E-state index contributed by atoms with van der Waals surface area (Å²) in [4.78, 5) is 14.7. The van der Waals surface area contributed by atoms with Crippen LogP contribution in [0.1, 0.15) is 18.0 Å². The van der Waals surface area contributed by atoms with E-state index >= 15 is 0 Å². The van der Waals surface area contributed by atoms with Crippen molar-refractivity contribution in [2.24, 2.45) is 4.99 Å². The summed E-state index contributed by atoms with van der Waals surface area (Å²) in [6.07, 6.45) is 6.23. The summed E-state index contributed by atoms with van der Waals surface area (Å²) in [5, 5.41) is 10.8. The van der Waals surface area contributed by atoms with Crippen LogP contribution in [0.25, 0.3) is 0 Å². The van der Waals surface area contributed by atoms with E-state index in [1.165, 1.54) is 6.07 Å². The molecule has 2 rings (SSSR count). The van der Waals surface area contributed by atoms with Crippen molar-refractivity contribution in [2.75, 3.05) is 0 Å². The Morgan fingerprint density at radius 1 is 1.40 bits per heavy atom. The molecular weight excluding hydrogens is 192 g/mol. The molecule has 1 aliphatic heterocycles. The van der Waals surface area contributed by atoms with Crippen LogP contribution in [0.3, 0.4) is 0 Å². The molecule has 0 N–H and O–H groups in total. The van der Waals surface area contributed by atoms with Crippen molar-refractivity contribution in [3.8, 4) is 0 Å². The minimum Gasteiger partial charge on any atom is -0.285 e. The Bertz CT molecular complexity index is 438. The number of para-hydroxylation sites is 1. The standard InChI is InChI=1S/C11H10N2O2/c14-13(15)11-7-2-1-5-9(11)10-6-3-4-8-12-10/h1-5,7-8,10H,6H2. The van der Waals surface area contributed by atoms with Gasteiger partial charge < -0.3 is 0 Å². The highest BCUT2D eigenvalue weighted by molar-refractivity contribution is 5.72. The number of dihydropyridines is 1. The third-order valence-corrected chi connectivity index (χ3v) is 2.34. The second-order valence-electron chi connectivity index (χ2n) is 3.29. The molecule has 4 heteroatoms. The van der Waals surface area contributed by atoms with Crippen LogP contribution in [0.15, 0.2) is 41.4 Å². The zero-order valence-electron chi connectivity index (χ0n) is 8.04. The lowest BCUT2D eigenvalue weighted by Gasteiger charge is -2.12. The Balaban J connectivity index is 2.39. The minimum atomic E-state index is -0.358. The summed E-state index contributed by atoms with van der Waals surface area (Å²) >= 11 is 0. The van der Waals surface area contributed by atoms with E-state index in [0.29, 0.717) is 5.56 Å². The molecule has 0 fully saturated rings. The molecule has 1 aromatic rings. The molecule has 0 saturated carbocycles. The molecule has 1 aromatic carbocycles. The maximum atomic E-state index is 10.8. The summed E-state index contributed by atoms with van der Waals surface area (Å²) in [5.41, 5.74) is 0.832. The van der Waals surface area contributed by atoms with Crippen LogP contribution in [0, 0.1) is 10.1 Å². The zero-order chi connectivity index (χ0) is 10.7. The van der Waals surface area contributed by atoms with Gasteiger partial charge in [-0.3, -0.25) is 15.1 Å². The molecule has 4 nitrogen and oxygen atoms in total. The van der Waals surface area contributed by atoms with Gasteiger partial charge in [0.15, 0.2) is 0 Å². The zero-order valence-corrected chi connectivity index (χ0v) is 8.04. The Labute approximate surface area is 87.1 Å². The minimum absolute atomic E-state index is 0.114. The van der Waals surface area contributed by atoms with Crippen molar-refractivity contribution in [3.05, 3.63) is 52.1 Å². The highest BCUT2D eigenvalue weighted by Crippen LogP contribution is 2.30. The van der Waals surface area contributed by atoms with Gasteiger partial charge in [0.2, 0.25) is 0 Å². The number of hydrogen-bond acceptors (Lipinski definition) is 3. The smallest absolute Gasteiger partial charge is 0.274 e. The van der Waals surface area contributed by atoms with Gasteiger partial charge in [-0.25, -0.2) is 0 Å². The summed E-state index contributed by atoms with van der Waals surface area (Å²) in [6, 6.07) is 6.64. The quantitative estimate of drug-likeness (QED) is 0.546. The summed E-state index contributed by atoms with van der Waals surface area (Å²) in [6.45, 7) is 0. The molecule has 0 aliphatic carbocycles. The Hall–Kier alpha value is -1.97. The molecule has 1 heterocycles. The van der Waals surface area contributed by atoms with E-state index in [0.717, 1.165) is 6.42 Å². The Morgan fingerprint density at radius 2 is 2.20 bits per heavy atom. The fourth-order valence-electron chi connectivity index (χ4n) is 1.63. The van der Waals surface area contributed by atoms with Crippen LogP contribution in [-0.4, -0.2) is 11.1 Å². The predicted molar refractivity (Wildman–Crippen MR) is 58.1 cm³/mol. The average Bonchev–Trinajstić information content (AvgIpc) is 2.30. The van der Waals surface area contributed by atoms with Crippen LogP contribution in [0.4, 0.5) is 5.69 Å². The highest BCUT2D eigenvalue weighted by Gasteiger charge is 2.20. The number of aliphatic imine (C=N–C) groups is 1. The molecule has 0 amide bonds. The van der Waals surface area contributed by atoms with Gasteiger partial charge in [-0.1, -0.05) is 18.2 Å². The van der Waals surface area contributed by atoms with Gasteiger partial charge in [-0.2, -0.15) is 0 Å². The Morgan fingerprint density at radius 3 is 2.87 bits per heavy atom. The molecule has 0 saturated heterocycles. The normalized spacial score (nSPS) is 19.1. The van der Waals surface area contributed by atoms with Gasteiger partial charge in [0.25, 0.3) is 5.69 Å². The van der Waals surface area contributed by atoms with Crippen molar-refractivity contribution in [3.63, 3.8) is 0 Å². The van der Waals surface area contributed by atoms with E-state index in [9.17, 15) is 10.1 Å². The first kappa shape index (κ1) is 9.58. The van der Waals surface area contributed by atoms with Crippen LogP contribution in [0.5, 0.6) is 0 Å². The van der Waals surface area contributed by atoms with Gasteiger partial charge in [-0.05, 0) is 18.6 Å². The molecule has 1 aliphatic rings. The molecule has 0 radical (unpaired) electrons. The van der Waals surface area contributed by atoms with E-state index in [1.54, 1.807) is 24.4 Å². The van der Waals surface area contributed by atoms with Crippen molar-refractivity contribution >= 4 is 11.9 Å². The van der Waals surface area contributed by atoms with Crippen molar-refractivity contribution in [2.45, 2.75) is 12.5 Å². The lowest BCUT2D eigenvalue weighted by Crippen LogP contribution is -2.02. The van der Waals surface area contributed by atoms with Crippen LogP contribution in [0.2, 0.25) is 0 Å².